The Morgan fingerprint density at radius 3 is 2.11 bits per heavy atom. The SMILES string of the molecule is CN(C)B1CCPCC1. The van der Waals surface area contributed by atoms with E-state index in [0.717, 1.165) is 6.85 Å². The van der Waals surface area contributed by atoms with Crippen LogP contribution in [0.5, 0.6) is 0 Å². The molecule has 1 aliphatic rings. The molecule has 0 spiro atoms. The zero-order valence-corrected chi connectivity index (χ0v) is 7.35. The van der Waals surface area contributed by atoms with Crippen LogP contribution >= 0.6 is 8.58 Å². The minimum atomic E-state index is 0.895. The van der Waals surface area contributed by atoms with Crippen LogP contribution < -0.4 is 0 Å². The van der Waals surface area contributed by atoms with Crippen LogP contribution in [0.1, 0.15) is 0 Å². The first kappa shape index (κ1) is 7.56. The molecule has 1 fully saturated rings. The first-order valence-corrected chi connectivity index (χ1v) is 5.09. The third-order valence-corrected chi connectivity index (χ3v) is 3.32. The Hall–Kier alpha value is 0.455. The van der Waals surface area contributed by atoms with Crippen molar-refractivity contribution >= 4 is 15.4 Å². The lowest BCUT2D eigenvalue weighted by Gasteiger charge is -2.24. The zero-order chi connectivity index (χ0) is 6.69. The van der Waals surface area contributed by atoms with Gasteiger partial charge in [-0.05, 0) is 26.4 Å². The Labute approximate surface area is 60.1 Å². The van der Waals surface area contributed by atoms with Gasteiger partial charge >= 0.3 is 0 Å². The van der Waals surface area contributed by atoms with E-state index in [1.807, 2.05) is 0 Å². The summed E-state index contributed by atoms with van der Waals surface area (Å²) in [5, 5.41) is 0. The summed E-state index contributed by atoms with van der Waals surface area (Å²) in [6.45, 7) is 0.895. The van der Waals surface area contributed by atoms with Gasteiger partial charge in [0.25, 0.3) is 0 Å². The highest BCUT2D eigenvalue weighted by Gasteiger charge is 2.18. The van der Waals surface area contributed by atoms with Crippen molar-refractivity contribution in [3.63, 3.8) is 0 Å². The Balaban J connectivity index is 2.23. The first-order chi connectivity index (χ1) is 4.30. The summed E-state index contributed by atoms with van der Waals surface area (Å²) < 4.78 is 0. The smallest absolute Gasteiger partial charge is 0.223 e. The summed E-state index contributed by atoms with van der Waals surface area (Å²) in [4.78, 5) is 2.36. The van der Waals surface area contributed by atoms with Crippen LogP contribution in [0.25, 0.3) is 0 Å². The van der Waals surface area contributed by atoms with Crippen LogP contribution in [-0.2, 0) is 0 Å². The fourth-order valence-corrected chi connectivity index (χ4v) is 2.65. The molecule has 1 aliphatic heterocycles. The van der Waals surface area contributed by atoms with Gasteiger partial charge in [-0.2, -0.15) is 0 Å². The van der Waals surface area contributed by atoms with E-state index in [-0.39, 0.29) is 0 Å². The number of nitrogens with zero attached hydrogens (tertiary/aromatic N) is 1. The van der Waals surface area contributed by atoms with Gasteiger partial charge in [0.15, 0.2) is 0 Å². The van der Waals surface area contributed by atoms with Crippen molar-refractivity contribution < 1.29 is 0 Å². The fourth-order valence-electron chi connectivity index (χ4n) is 1.32. The van der Waals surface area contributed by atoms with Crippen molar-refractivity contribution in [1.82, 2.24) is 4.81 Å². The number of hydrogen-bond acceptors (Lipinski definition) is 1. The molecule has 0 aromatic heterocycles. The highest BCUT2D eigenvalue weighted by molar-refractivity contribution is 7.38. The summed E-state index contributed by atoms with van der Waals surface area (Å²) >= 11 is 0. The van der Waals surface area contributed by atoms with E-state index < -0.39 is 0 Å². The van der Waals surface area contributed by atoms with Crippen molar-refractivity contribution in [3.8, 4) is 0 Å². The van der Waals surface area contributed by atoms with E-state index in [9.17, 15) is 0 Å². The summed E-state index contributed by atoms with van der Waals surface area (Å²) in [6, 6.07) is 0. The second kappa shape index (κ2) is 3.58. The van der Waals surface area contributed by atoms with Crippen LogP contribution in [0.15, 0.2) is 0 Å². The monoisotopic (exact) mass is 143 g/mol. The quantitative estimate of drug-likeness (QED) is 0.394. The van der Waals surface area contributed by atoms with Crippen LogP contribution in [-0.4, -0.2) is 38.1 Å². The number of rotatable bonds is 1. The second-order valence-corrected chi connectivity index (χ2v) is 4.44. The van der Waals surface area contributed by atoms with E-state index in [4.69, 9.17) is 0 Å². The van der Waals surface area contributed by atoms with E-state index >= 15 is 0 Å². The minimum absolute atomic E-state index is 0.895. The molecule has 0 atom stereocenters. The maximum Gasteiger partial charge on any atom is 0.223 e. The predicted octanol–water partition coefficient (Wildman–Crippen LogP) is 1.23. The topological polar surface area (TPSA) is 3.24 Å². The average Bonchev–Trinajstić information content (AvgIpc) is 1.90. The molecule has 1 saturated heterocycles. The molecule has 1 heterocycles. The van der Waals surface area contributed by atoms with Gasteiger partial charge in [-0.15, -0.1) is 8.58 Å². The van der Waals surface area contributed by atoms with Gasteiger partial charge in [-0.1, -0.05) is 12.6 Å². The van der Waals surface area contributed by atoms with Crippen molar-refractivity contribution in [2.24, 2.45) is 0 Å². The Morgan fingerprint density at radius 2 is 1.78 bits per heavy atom. The largest absolute Gasteiger partial charge is 0.347 e. The summed E-state index contributed by atoms with van der Waals surface area (Å²) in [5.41, 5.74) is 0. The van der Waals surface area contributed by atoms with Crippen molar-refractivity contribution in [2.45, 2.75) is 12.6 Å². The van der Waals surface area contributed by atoms with E-state index in [1.54, 1.807) is 0 Å². The molecule has 0 N–H and O–H groups in total. The summed E-state index contributed by atoms with van der Waals surface area (Å²) in [7, 11) is 5.64. The highest BCUT2D eigenvalue weighted by atomic mass is 31.1. The van der Waals surface area contributed by atoms with Crippen LogP contribution in [0.3, 0.4) is 0 Å². The normalized spacial score (nSPS) is 21.0. The van der Waals surface area contributed by atoms with Crippen molar-refractivity contribution in [3.05, 3.63) is 0 Å². The van der Waals surface area contributed by atoms with Gasteiger partial charge in [0.2, 0.25) is 6.85 Å². The summed E-state index contributed by atoms with van der Waals surface area (Å²) in [6.07, 6.45) is 5.82. The lowest BCUT2D eigenvalue weighted by molar-refractivity contribution is 0.633. The minimum Gasteiger partial charge on any atom is -0.347 e. The van der Waals surface area contributed by atoms with Gasteiger partial charge in [0.05, 0.1) is 0 Å². The number of hydrogen-bond donors (Lipinski definition) is 0. The molecule has 3 heteroatoms. The molecule has 0 saturated carbocycles. The van der Waals surface area contributed by atoms with Crippen molar-refractivity contribution in [1.29, 1.82) is 0 Å². The zero-order valence-electron chi connectivity index (χ0n) is 6.35. The molecule has 9 heavy (non-hydrogen) atoms. The third kappa shape index (κ3) is 2.27. The third-order valence-electron chi connectivity index (χ3n) is 2.04. The molecule has 52 valence electrons. The fraction of sp³-hybridized carbons (Fsp3) is 1.00. The van der Waals surface area contributed by atoms with E-state index in [2.05, 4.69) is 18.9 Å². The van der Waals surface area contributed by atoms with Gasteiger partial charge < -0.3 is 4.81 Å². The molecule has 1 nitrogen and oxygen atoms in total. The van der Waals surface area contributed by atoms with Crippen LogP contribution in [0.2, 0.25) is 12.6 Å². The molecule has 0 aliphatic carbocycles. The Bertz CT molecular complexity index is 81.1. The Morgan fingerprint density at radius 1 is 1.22 bits per heavy atom. The Kier molecular flexibility index (Phi) is 3.01. The molecule has 0 aromatic rings. The van der Waals surface area contributed by atoms with Crippen LogP contribution in [0, 0.1) is 0 Å². The summed E-state index contributed by atoms with van der Waals surface area (Å²) in [5.74, 6) is 0. The van der Waals surface area contributed by atoms with E-state index in [1.165, 1.54) is 33.5 Å². The van der Waals surface area contributed by atoms with Gasteiger partial charge in [0, 0.05) is 0 Å². The maximum atomic E-state index is 2.36. The molecular formula is C6H15BNP. The highest BCUT2D eigenvalue weighted by Crippen LogP contribution is 2.23. The standard InChI is InChI=1S/C6H15BNP/c1-8(2)7-3-5-9-6-4-7/h9H,3-6H2,1-2H3. The molecule has 0 aromatic carbocycles. The molecule has 0 unspecified atom stereocenters. The average molecular weight is 143 g/mol. The molecule has 0 bridgehead atoms. The lowest BCUT2D eigenvalue weighted by atomic mass is 9.55. The molecule has 0 amide bonds. The molecule has 1 rings (SSSR count). The second-order valence-electron chi connectivity index (χ2n) is 2.94. The molecule has 0 radical (unpaired) electrons. The van der Waals surface area contributed by atoms with Crippen molar-refractivity contribution in [2.75, 3.05) is 26.4 Å². The lowest BCUT2D eigenvalue weighted by Crippen LogP contribution is -2.34. The van der Waals surface area contributed by atoms with E-state index in [0.29, 0.717) is 0 Å². The molecular weight excluding hydrogens is 128 g/mol. The van der Waals surface area contributed by atoms with Gasteiger partial charge in [0.1, 0.15) is 0 Å². The maximum absolute atomic E-state index is 2.36. The van der Waals surface area contributed by atoms with Crippen LogP contribution in [0.4, 0.5) is 0 Å². The van der Waals surface area contributed by atoms with Gasteiger partial charge in [-0.3, -0.25) is 0 Å². The van der Waals surface area contributed by atoms with Gasteiger partial charge in [-0.25, -0.2) is 0 Å². The predicted molar refractivity (Wildman–Crippen MR) is 47.1 cm³/mol. The first-order valence-electron chi connectivity index (χ1n) is 3.68.